The van der Waals surface area contributed by atoms with Crippen molar-refractivity contribution in [2.75, 3.05) is 0 Å². The molecule has 0 aliphatic rings. The third kappa shape index (κ3) is 4.57. The second kappa shape index (κ2) is 5.68. The Kier molecular flexibility index (Phi) is 4.47. The number of halogens is 5. The number of alkyl halides is 5. The number of carboxylic acids is 1. The number of benzene rings is 1. The van der Waals surface area contributed by atoms with Gasteiger partial charge in [0, 0.05) is 11.6 Å². The Morgan fingerprint density at radius 1 is 1.32 bits per heavy atom. The van der Waals surface area contributed by atoms with Gasteiger partial charge in [-0.25, -0.2) is 13.6 Å². The number of carbonyl (C=O) groups is 1. The quantitative estimate of drug-likeness (QED) is 0.677. The van der Waals surface area contributed by atoms with Crippen LogP contribution < -0.4 is 4.74 Å². The van der Waals surface area contributed by atoms with Gasteiger partial charge < -0.3 is 9.84 Å². The summed E-state index contributed by atoms with van der Waals surface area (Å²) in [4.78, 5) is 10.3. The maximum atomic E-state index is 12.6. The molecule has 1 rings (SSSR count). The van der Waals surface area contributed by atoms with E-state index < -0.39 is 35.6 Å². The second-order valence-electron chi connectivity index (χ2n) is 3.29. The fourth-order valence-corrected chi connectivity index (χ4v) is 1.27. The van der Waals surface area contributed by atoms with Crippen LogP contribution >= 0.6 is 0 Å². The van der Waals surface area contributed by atoms with Gasteiger partial charge in [-0.2, -0.15) is 0 Å². The third-order valence-corrected chi connectivity index (χ3v) is 1.93. The minimum Gasteiger partial charge on any atom is -0.478 e. The van der Waals surface area contributed by atoms with Crippen LogP contribution in [-0.4, -0.2) is 17.4 Å². The lowest BCUT2D eigenvalue weighted by atomic mass is 10.1. The van der Waals surface area contributed by atoms with Crippen molar-refractivity contribution in [2.45, 2.75) is 12.8 Å². The van der Waals surface area contributed by atoms with Crippen molar-refractivity contribution in [1.29, 1.82) is 0 Å². The van der Waals surface area contributed by atoms with Crippen LogP contribution in [0.2, 0.25) is 0 Å². The van der Waals surface area contributed by atoms with Gasteiger partial charge in [-0.15, -0.1) is 13.2 Å². The zero-order valence-corrected chi connectivity index (χ0v) is 9.12. The zero-order chi connectivity index (χ0) is 14.6. The lowest BCUT2D eigenvalue weighted by Crippen LogP contribution is -2.19. The van der Waals surface area contributed by atoms with E-state index >= 15 is 0 Å². The summed E-state index contributed by atoms with van der Waals surface area (Å²) in [6, 6.07) is 2.88. The predicted molar refractivity (Wildman–Crippen MR) is 54.8 cm³/mol. The molecule has 8 heteroatoms. The van der Waals surface area contributed by atoms with E-state index in [2.05, 4.69) is 4.74 Å². The van der Waals surface area contributed by atoms with Crippen LogP contribution in [0.15, 0.2) is 24.3 Å². The van der Waals surface area contributed by atoms with Crippen LogP contribution in [-0.2, 0) is 4.79 Å². The van der Waals surface area contributed by atoms with E-state index in [-0.39, 0.29) is 0 Å². The number of hydrogen-bond acceptors (Lipinski definition) is 2. The molecule has 0 unspecified atom stereocenters. The molecule has 0 heterocycles. The first-order valence-electron chi connectivity index (χ1n) is 4.78. The van der Waals surface area contributed by atoms with Crippen molar-refractivity contribution in [3.63, 3.8) is 0 Å². The molecule has 0 fully saturated rings. The van der Waals surface area contributed by atoms with Crippen molar-refractivity contribution in [1.82, 2.24) is 0 Å². The first kappa shape index (κ1) is 14.9. The largest absolute Gasteiger partial charge is 0.573 e. The summed E-state index contributed by atoms with van der Waals surface area (Å²) in [6.07, 6.45) is -7.07. The van der Waals surface area contributed by atoms with E-state index in [4.69, 9.17) is 5.11 Å². The first-order valence-corrected chi connectivity index (χ1v) is 4.78. The molecule has 0 saturated carbocycles. The fraction of sp³-hybridized carbons (Fsp3) is 0.182. The molecule has 0 saturated heterocycles. The number of rotatable bonds is 4. The summed E-state index contributed by atoms with van der Waals surface area (Å²) in [7, 11) is 0. The van der Waals surface area contributed by atoms with E-state index in [0.29, 0.717) is 6.08 Å². The van der Waals surface area contributed by atoms with Crippen molar-refractivity contribution >= 4 is 12.0 Å². The molecule has 104 valence electrons. The smallest absolute Gasteiger partial charge is 0.478 e. The molecular formula is C11H7F5O3. The minimum atomic E-state index is -5.16. The van der Waals surface area contributed by atoms with Gasteiger partial charge in [0.1, 0.15) is 5.75 Å². The minimum absolute atomic E-state index is 0.405. The standard InChI is InChI=1S/C11H7F5O3/c12-10(13)7-3-1-2-6(4-5-8(17)18)9(7)19-11(14,15)16/h1-5,10H,(H,17,18)/b5-4+. The SMILES string of the molecule is O=C(O)/C=C/c1cccc(C(F)F)c1OC(F)(F)F. The summed E-state index contributed by atoms with van der Waals surface area (Å²) in [6.45, 7) is 0. The van der Waals surface area contributed by atoms with E-state index in [9.17, 15) is 26.7 Å². The van der Waals surface area contributed by atoms with Gasteiger partial charge in [0.15, 0.2) is 0 Å². The lowest BCUT2D eigenvalue weighted by Gasteiger charge is -2.15. The van der Waals surface area contributed by atoms with Crippen molar-refractivity contribution in [3.8, 4) is 5.75 Å². The van der Waals surface area contributed by atoms with Crippen molar-refractivity contribution < 1.29 is 36.6 Å². The highest BCUT2D eigenvalue weighted by molar-refractivity contribution is 5.86. The fourth-order valence-electron chi connectivity index (χ4n) is 1.27. The molecule has 0 bridgehead atoms. The molecule has 1 aromatic rings. The van der Waals surface area contributed by atoms with Crippen LogP contribution in [0.25, 0.3) is 6.08 Å². The average molecular weight is 282 g/mol. The molecule has 1 aromatic carbocycles. The van der Waals surface area contributed by atoms with E-state index in [0.717, 1.165) is 24.3 Å². The van der Waals surface area contributed by atoms with Gasteiger partial charge in [-0.05, 0) is 12.1 Å². The molecule has 3 nitrogen and oxygen atoms in total. The van der Waals surface area contributed by atoms with Crippen LogP contribution in [0, 0.1) is 0 Å². The summed E-state index contributed by atoms with van der Waals surface area (Å²) < 4.78 is 65.2. The van der Waals surface area contributed by atoms with Gasteiger partial charge in [0.25, 0.3) is 6.43 Å². The summed E-state index contributed by atoms with van der Waals surface area (Å²) in [5.74, 6) is -2.54. The zero-order valence-electron chi connectivity index (χ0n) is 9.12. The normalized spacial score (nSPS) is 12.1. The number of ether oxygens (including phenoxy) is 1. The summed E-state index contributed by atoms with van der Waals surface area (Å²) >= 11 is 0. The van der Waals surface area contributed by atoms with Gasteiger partial charge in [-0.1, -0.05) is 12.1 Å². The maximum Gasteiger partial charge on any atom is 0.573 e. The third-order valence-electron chi connectivity index (χ3n) is 1.93. The van der Waals surface area contributed by atoms with Gasteiger partial charge in [-0.3, -0.25) is 0 Å². The Bertz CT molecular complexity index is 494. The number of carboxylic acid groups (broad SMARTS) is 1. The second-order valence-corrected chi connectivity index (χ2v) is 3.29. The molecule has 0 radical (unpaired) electrons. The van der Waals surface area contributed by atoms with Crippen LogP contribution in [0.5, 0.6) is 5.75 Å². The Morgan fingerprint density at radius 2 is 1.95 bits per heavy atom. The molecule has 0 spiro atoms. The Morgan fingerprint density at radius 3 is 2.42 bits per heavy atom. The lowest BCUT2D eigenvalue weighted by molar-refractivity contribution is -0.275. The molecule has 1 N–H and O–H groups in total. The maximum absolute atomic E-state index is 12.6. The average Bonchev–Trinajstić information content (AvgIpc) is 2.24. The summed E-state index contributed by atoms with van der Waals surface area (Å²) in [5, 5.41) is 8.38. The van der Waals surface area contributed by atoms with Crippen LogP contribution in [0.4, 0.5) is 22.0 Å². The molecule has 0 atom stereocenters. The Balaban J connectivity index is 3.29. The van der Waals surface area contributed by atoms with Crippen LogP contribution in [0.3, 0.4) is 0 Å². The van der Waals surface area contributed by atoms with Gasteiger partial charge >= 0.3 is 12.3 Å². The van der Waals surface area contributed by atoms with E-state index in [1.165, 1.54) is 0 Å². The van der Waals surface area contributed by atoms with Gasteiger partial charge in [0.05, 0.1) is 5.56 Å². The number of para-hydroxylation sites is 1. The molecule has 0 aromatic heterocycles. The highest BCUT2D eigenvalue weighted by Crippen LogP contribution is 2.36. The Labute approximate surface area is 103 Å². The number of aliphatic carboxylic acids is 1. The predicted octanol–water partition coefficient (Wildman–Crippen LogP) is 3.62. The number of hydrogen-bond donors (Lipinski definition) is 1. The van der Waals surface area contributed by atoms with Gasteiger partial charge in [0.2, 0.25) is 0 Å². The van der Waals surface area contributed by atoms with E-state index in [1.807, 2.05) is 0 Å². The molecule has 19 heavy (non-hydrogen) atoms. The monoisotopic (exact) mass is 282 g/mol. The van der Waals surface area contributed by atoms with Crippen molar-refractivity contribution in [3.05, 3.63) is 35.4 Å². The summed E-state index contributed by atoms with van der Waals surface area (Å²) in [5.41, 5.74) is -1.37. The van der Waals surface area contributed by atoms with Crippen molar-refractivity contribution in [2.24, 2.45) is 0 Å². The molecular weight excluding hydrogens is 275 g/mol. The van der Waals surface area contributed by atoms with E-state index in [1.54, 1.807) is 0 Å². The highest BCUT2D eigenvalue weighted by Gasteiger charge is 2.34. The van der Waals surface area contributed by atoms with Crippen LogP contribution in [0.1, 0.15) is 17.6 Å². The highest BCUT2D eigenvalue weighted by atomic mass is 19.4. The first-order chi connectivity index (χ1) is 8.70. The molecule has 0 aliphatic heterocycles. The Hall–Kier alpha value is -2.12. The molecule has 0 amide bonds. The molecule has 0 aliphatic carbocycles. The topological polar surface area (TPSA) is 46.5 Å².